The van der Waals surface area contributed by atoms with Crippen molar-refractivity contribution in [3.8, 4) is 11.4 Å². The predicted molar refractivity (Wildman–Crippen MR) is 94.4 cm³/mol. The summed E-state index contributed by atoms with van der Waals surface area (Å²) in [5.41, 5.74) is 2.23. The minimum absolute atomic E-state index is 0.149. The molecule has 7 heteroatoms. The van der Waals surface area contributed by atoms with Gasteiger partial charge in [-0.1, -0.05) is 0 Å². The minimum atomic E-state index is -0.149. The van der Waals surface area contributed by atoms with Crippen molar-refractivity contribution in [2.75, 3.05) is 46.5 Å². The maximum absolute atomic E-state index is 12.3. The highest BCUT2D eigenvalue weighted by Crippen LogP contribution is 2.16. The molecule has 2 aromatic rings. The molecular formula is C18H24N4O3. The lowest BCUT2D eigenvalue weighted by Crippen LogP contribution is -2.41. The zero-order valence-corrected chi connectivity index (χ0v) is 14.7. The first-order valence-corrected chi connectivity index (χ1v) is 8.47. The van der Waals surface area contributed by atoms with Gasteiger partial charge < -0.3 is 14.8 Å². The van der Waals surface area contributed by atoms with Crippen LogP contribution < -0.4 is 10.1 Å². The lowest BCUT2D eigenvalue weighted by molar-refractivity contribution is 0.0383. The smallest absolute Gasteiger partial charge is 0.271 e. The van der Waals surface area contributed by atoms with Crippen LogP contribution in [0.5, 0.6) is 5.75 Å². The molecule has 1 aliphatic rings. The summed E-state index contributed by atoms with van der Waals surface area (Å²) in [4.78, 5) is 14.6. The second-order valence-corrected chi connectivity index (χ2v) is 5.99. The van der Waals surface area contributed by atoms with Crippen molar-refractivity contribution in [2.45, 2.75) is 6.92 Å². The number of ether oxygens (including phenoxy) is 2. The van der Waals surface area contributed by atoms with Crippen molar-refractivity contribution in [2.24, 2.45) is 0 Å². The first-order chi connectivity index (χ1) is 12.2. The largest absolute Gasteiger partial charge is 0.497 e. The highest BCUT2D eigenvalue weighted by atomic mass is 16.5. The topological polar surface area (TPSA) is 68.6 Å². The van der Waals surface area contributed by atoms with Gasteiger partial charge in [-0.15, -0.1) is 0 Å². The number of methoxy groups -OCH3 is 1. The van der Waals surface area contributed by atoms with E-state index in [0.29, 0.717) is 12.2 Å². The molecule has 1 N–H and O–H groups in total. The summed E-state index contributed by atoms with van der Waals surface area (Å²) >= 11 is 0. The van der Waals surface area contributed by atoms with Crippen LogP contribution in [0.2, 0.25) is 0 Å². The highest BCUT2D eigenvalue weighted by Gasteiger charge is 2.14. The maximum atomic E-state index is 12.3. The molecule has 0 bridgehead atoms. The van der Waals surface area contributed by atoms with E-state index in [9.17, 15) is 4.79 Å². The van der Waals surface area contributed by atoms with Crippen LogP contribution in [-0.2, 0) is 4.74 Å². The molecule has 0 atom stereocenters. The molecule has 0 spiro atoms. The van der Waals surface area contributed by atoms with Crippen LogP contribution >= 0.6 is 0 Å². The average Bonchev–Trinajstić information content (AvgIpc) is 3.04. The van der Waals surface area contributed by atoms with Gasteiger partial charge in [-0.3, -0.25) is 9.69 Å². The fraction of sp³-hybridized carbons (Fsp3) is 0.444. The summed E-state index contributed by atoms with van der Waals surface area (Å²) in [6.45, 7) is 6.73. The normalized spacial score (nSPS) is 15.1. The van der Waals surface area contributed by atoms with E-state index in [-0.39, 0.29) is 5.91 Å². The van der Waals surface area contributed by atoms with Gasteiger partial charge >= 0.3 is 0 Å². The van der Waals surface area contributed by atoms with Gasteiger partial charge in [0.25, 0.3) is 5.91 Å². The molecule has 3 rings (SSSR count). The second kappa shape index (κ2) is 8.13. The van der Waals surface area contributed by atoms with Crippen molar-refractivity contribution in [1.29, 1.82) is 0 Å². The van der Waals surface area contributed by atoms with Crippen LogP contribution in [0.1, 0.15) is 16.2 Å². The minimum Gasteiger partial charge on any atom is -0.497 e. The summed E-state index contributed by atoms with van der Waals surface area (Å²) in [5.74, 6) is 0.637. The second-order valence-electron chi connectivity index (χ2n) is 5.99. The van der Waals surface area contributed by atoms with Gasteiger partial charge in [-0.25, -0.2) is 4.68 Å². The predicted octanol–water partition coefficient (Wildman–Crippen LogP) is 1.25. The average molecular weight is 344 g/mol. The Hall–Kier alpha value is -2.38. The molecule has 1 aromatic carbocycles. The first-order valence-electron chi connectivity index (χ1n) is 8.47. The van der Waals surface area contributed by atoms with E-state index >= 15 is 0 Å². The maximum Gasteiger partial charge on any atom is 0.271 e. The van der Waals surface area contributed by atoms with Gasteiger partial charge in [0.1, 0.15) is 5.75 Å². The van der Waals surface area contributed by atoms with E-state index in [1.165, 1.54) is 0 Å². The molecule has 1 saturated heterocycles. The first kappa shape index (κ1) is 17.4. The molecule has 1 aliphatic heterocycles. The lowest BCUT2D eigenvalue weighted by atomic mass is 10.3. The molecule has 0 radical (unpaired) electrons. The monoisotopic (exact) mass is 344 g/mol. The third-order valence-corrected chi connectivity index (χ3v) is 4.25. The third kappa shape index (κ3) is 4.37. The van der Waals surface area contributed by atoms with Crippen molar-refractivity contribution < 1.29 is 14.3 Å². The van der Waals surface area contributed by atoms with E-state index in [0.717, 1.165) is 50.0 Å². The van der Waals surface area contributed by atoms with E-state index in [2.05, 4.69) is 15.3 Å². The molecule has 0 saturated carbocycles. The molecule has 1 fully saturated rings. The van der Waals surface area contributed by atoms with Crippen molar-refractivity contribution >= 4 is 5.91 Å². The molecule has 0 unspecified atom stereocenters. The number of hydrogen-bond acceptors (Lipinski definition) is 5. The SMILES string of the molecule is COc1ccc(-n2nc(C(=O)NCCN3CCOCC3)cc2C)cc1. The Morgan fingerprint density at radius 1 is 1.28 bits per heavy atom. The standard InChI is InChI=1S/C18H24N4O3/c1-14-13-17(18(23)19-7-8-21-9-11-25-12-10-21)20-22(14)15-3-5-16(24-2)6-4-15/h3-6,13H,7-12H2,1-2H3,(H,19,23). The van der Waals surface area contributed by atoms with Crippen LogP contribution in [0.4, 0.5) is 0 Å². The fourth-order valence-electron chi connectivity index (χ4n) is 2.81. The highest BCUT2D eigenvalue weighted by molar-refractivity contribution is 5.92. The van der Waals surface area contributed by atoms with Crippen LogP contribution in [0.3, 0.4) is 0 Å². The van der Waals surface area contributed by atoms with Crippen LogP contribution in [-0.4, -0.2) is 67.1 Å². The molecule has 25 heavy (non-hydrogen) atoms. The van der Waals surface area contributed by atoms with Gasteiger partial charge in [0, 0.05) is 31.9 Å². The van der Waals surface area contributed by atoms with E-state index in [1.54, 1.807) is 17.9 Å². The molecule has 7 nitrogen and oxygen atoms in total. The van der Waals surface area contributed by atoms with E-state index < -0.39 is 0 Å². The fourth-order valence-corrected chi connectivity index (χ4v) is 2.81. The van der Waals surface area contributed by atoms with Crippen molar-refractivity contribution in [3.63, 3.8) is 0 Å². The molecule has 2 heterocycles. The lowest BCUT2D eigenvalue weighted by Gasteiger charge is -2.26. The van der Waals surface area contributed by atoms with Gasteiger partial charge in [0.15, 0.2) is 5.69 Å². The van der Waals surface area contributed by atoms with Crippen LogP contribution in [0.25, 0.3) is 5.69 Å². The van der Waals surface area contributed by atoms with Gasteiger partial charge in [-0.2, -0.15) is 5.10 Å². The number of rotatable bonds is 6. The van der Waals surface area contributed by atoms with E-state index in [4.69, 9.17) is 9.47 Å². The number of aryl methyl sites for hydroxylation is 1. The number of nitrogens with zero attached hydrogens (tertiary/aromatic N) is 3. The third-order valence-electron chi connectivity index (χ3n) is 4.25. The van der Waals surface area contributed by atoms with Crippen molar-refractivity contribution in [1.82, 2.24) is 20.0 Å². The molecule has 1 aromatic heterocycles. The Labute approximate surface area is 147 Å². The van der Waals surface area contributed by atoms with Crippen molar-refractivity contribution in [3.05, 3.63) is 41.7 Å². The number of morpholine rings is 1. The summed E-state index contributed by atoms with van der Waals surface area (Å²) in [5, 5.41) is 7.37. The number of benzene rings is 1. The number of carbonyl (C=O) groups excluding carboxylic acids is 1. The summed E-state index contributed by atoms with van der Waals surface area (Å²) in [6.07, 6.45) is 0. The molecule has 1 amide bonds. The number of nitrogens with one attached hydrogen (secondary N) is 1. The summed E-state index contributed by atoms with van der Waals surface area (Å²) in [6, 6.07) is 9.38. The van der Waals surface area contributed by atoms with E-state index in [1.807, 2.05) is 31.2 Å². The number of carbonyl (C=O) groups is 1. The Morgan fingerprint density at radius 2 is 2.00 bits per heavy atom. The Bertz CT molecular complexity index is 706. The summed E-state index contributed by atoms with van der Waals surface area (Å²) < 4.78 is 12.2. The Balaban J connectivity index is 1.59. The Kier molecular flexibility index (Phi) is 5.67. The Morgan fingerprint density at radius 3 is 2.68 bits per heavy atom. The molecular weight excluding hydrogens is 320 g/mol. The zero-order valence-electron chi connectivity index (χ0n) is 14.7. The van der Waals surface area contributed by atoms with Crippen LogP contribution in [0, 0.1) is 6.92 Å². The summed E-state index contributed by atoms with van der Waals surface area (Å²) in [7, 11) is 1.63. The number of hydrogen-bond donors (Lipinski definition) is 1. The molecule has 0 aliphatic carbocycles. The number of amides is 1. The van der Waals surface area contributed by atoms with Gasteiger partial charge in [-0.05, 0) is 37.3 Å². The number of aromatic nitrogens is 2. The quantitative estimate of drug-likeness (QED) is 0.854. The zero-order chi connectivity index (χ0) is 17.6. The molecule has 134 valence electrons. The van der Waals surface area contributed by atoms with Gasteiger partial charge in [0.2, 0.25) is 0 Å². The van der Waals surface area contributed by atoms with Gasteiger partial charge in [0.05, 0.1) is 26.0 Å². The van der Waals surface area contributed by atoms with Crippen LogP contribution in [0.15, 0.2) is 30.3 Å².